The van der Waals surface area contributed by atoms with Gasteiger partial charge in [-0.05, 0) is 24.8 Å². The molecule has 1 aromatic carbocycles. The van der Waals surface area contributed by atoms with E-state index in [1.54, 1.807) is 22.7 Å². The van der Waals surface area contributed by atoms with Crippen molar-refractivity contribution in [1.82, 2.24) is 24.9 Å². The molecule has 1 N–H and O–H groups in total. The summed E-state index contributed by atoms with van der Waals surface area (Å²) in [7, 11) is 1.57. The molecule has 152 valence electrons. The van der Waals surface area contributed by atoms with Crippen LogP contribution in [0.3, 0.4) is 0 Å². The Morgan fingerprint density at radius 3 is 2.69 bits per heavy atom. The first-order chi connectivity index (χ1) is 14.0. The molecule has 0 spiro atoms. The molecule has 2 aliphatic rings. The smallest absolute Gasteiger partial charge is 0.274 e. The molecule has 29 heavy (non-hydrogen) atoms. The number of nitrogens with one attached hydrogen (secondary N) is 1. The Morgan fingerprint density at radius 2 is 1.97 bits per heavy atom. The third-order valence-electron chi connectivity index (χ3n) is 5.19. The van der Waals surface area contributed by atoms with Gasteiger partial charge in [-0.2, -0.15) is 5.10 Å². The molecule has 2 aromatic rings. The molecule has 1 fully saturated rings. The number of hydrogen-bond donors (Lipinski definition) is 1. The van der Waals surface area contributed by atoms with E-state index >= 15 is 0 Å². The van der Waals surface area contributed by atoms with Gasteiger partial charge in [0, 0.05) is 38.8 Å². The summed E-state index contributed by atoms with van der Waals surface area (Å²) in [6.07, 6.45) is 2.76. The molecular weight excluding hydrogens is 370 g/mol. The Morgan fingerprint density at radius 1 is 1.21 bits per heavy atom. The van der Waals surface area contributed by atoms with Crippen LogP contribution in [0, 0.1) is 0 Å². The van der Waals surface area contributed by atoms with Crippen LogP contribution in [0.5, 0.6) is 0 Å². The molecule has 2 heterocycles. The average Bonchev–Trinajstić information content (AvgIpc) is 3.44. The van der Waals surface area contributed by atoms with Gasteiger partial charge in [-0.15, -0.1) is 0 Å². The van der Waals surface area contributed by atoms with Crippen LogP contribution in [0.15, 0.2) is 36.4 Å². The molecule has 1 saturated carbocycles. The molecule has 0 bridgehead atoms. The van der Waals surface area contributed by atoms with Crippen molar-refractivity contribution in [2.45, 2.75) is 38.4 Å². The zero-order valence-electron chi connectivity index (χ0n) is 16.5. The molecule has 8 heteroatoms. The van der Waals surface area contributed by atoms with Crippen molar-refractivity contribution in [3.63, 3.8) is 0 Å². The minimum Gasteiger partial charge on any atom is -0.352 e. The van der Waals surface area contributed by atoms with Gasteiger partial charge in [-0.25, -0.2) is 0 Å². The summed E-state index contributed by atoms with van der Waals surface area (Å²) in [6.45, 7) is 1.72. The van der Waals surface area contributed by atoms with Gasteiger partial charge in [0.1, 0.15) is 5.69 Å². The second-order valence-corrected chi connectivity index (χ2v) is 7.71. The number of hydrogen-bond acceptors (Lipinski definition) is 4. The van der Waals surface area contributed by atoms with E-state index in [0.717, 1.165) is 24.8 Å². The molecule has 0 atom stereocenters. The Hall–Kier alpha value is -3.16. The lowest BCUT2D eigenvalue weighted by Gasteiger charge is -2.20. The van der Waals surface area contributed by atoms with Crippen LogP contribution < -0.4 is 5.32 Å². The van der Waals surface area contributed by atoms with Crippen LogP contribution in [0.2, 0.25) is 0 Å². The van der Waals surface area contributed by atoms with Gasteiger partial charge in [0.2, 0.25) is 5.91 Å². The van der Waals surface area contributed by atoms with Crippen LogP contribution in [-0.4, -0.2) is 63.5 Å². The van der Waals surface area contributed by atoms with E-state index in [-0.39, 0.29) is 36.0 Å². The minimum absolute atomic E-state index is 0.0222. The lowest BCUT2D eigenvalue weighted by molar-refractivity contribution is -0.121. The molecule has 0 radical (unpaired) electrons. The lowest BCUT2D eigenvalue weighted by Crippen LogP contribution is -2.39. The predicted octanol–water partition coefficient (Wildman–Crippen LogP) is 1.28. The number of nitrogens with zero attached hydrogens (tertiary/aromatic N) is 4. The number of likely N-dealkylation sites (N-methyl/N-ethyl adjacent to an activating group) is 1. The van der Waals surface area contributed by atoms with Crippen molar-refractivity contribution in [3.8, 4) is 0 Å². The fourth-order valence-electron chi connectivity index (χ4n) is 3.48. The third kappa shape index (κ3) is 4.47. The van der Waals surface area contributed by atoms with E-state index in [1.165, 1.54) is 4.90 Å². The minimum atomic E-state index is -0.362. The number of carbonyl (C=O) groups excluding carboxylic acids is 3. The second-order valence-electron chi connectivity index (χ2n) is 7.71. The van der Waals surface area contributed by atoms with Crippen LogP contribution in [0.1, 0.15) is 45.8 Å². The normalized spacial score (nSPS) is 16.2. The Kier molecular flexibility index (Phi) is 5.33. The maximum atomic E-state index is 13.0. The van der Waals surface area contributed by atoms with Crippen molar-refractivity contribution in [2.75, 3.05) is 20.1 Å². The van der Waals surface area contributed by atoms with E-state index in [4.69, 9.17) is 0 Å². The van der Waals surface area contributed by atoms with Crippen LogP contribution in [-0.2, 0) is 17.9 Å². The Balaban J connectivity index is 1.46. The standard InChI is InChI=1S/C21H25N5O3/c1-24(14-19(27)22-16-8-9-16)20(28)17-12-18-21(29)25(10-5-11-26(18)23-17)13-15-6-3-2-4-7-15/h2-4,6-7,12,16H,5,8-11,13-14H2,1H3,(H,22,27). The van der Waals surface area contributed by atoms with Gasteiger partial charge in [-0.1, -0.05) is 30.3 Å². The van der Waals surface area contributed by atoms with Gasteiger partial charge < -0.3 is 15.1 Å². The highest BCUT2D eigenvalue weighted by Crippen LogP contribution is 2.19. The average molecular weight is 395 g/mol. The zero-order valence-corrected chi connectivity index (χ0v) is 16.5. The molecule has 4 rings (SSSR count). The summed E-state index contributed by atoms with van der Waals surface area (Å²) in [5.74, 6) is -0.666. The van der Waals surface area contributed by atoms with Crippen LogP contribution >= 0.6 is 0 Å². The molecule has 0 unspecified atom stereocenters. The molecule has 1 aromatic heterocycles. The van der Waals surface area contributed by atoms with Crippen molar-refractivity contribution < 1.29 is 14.4 Å². The Labute approximate surface area is 169 Å². The molecule has 8 nitrogen and oxygen atoms in total. The Bertz CT molecular complexity index is 920. The SMILES string of the molecule is CN(CC(=O)NC1CC1)C(=O)c1cc2n(n1)CCCN(Cc1ccccc1)C2=O. The zero-order chi connectivity index (χ0) is 20.4. The van der Waals surface area contributed by atoms with E-state index < -0.39 is 0 Å². The van der Waals surface area contributed by atoms with Crippen molar-refractivity contribution in [1.29, 1.82) is 0 Å². The third-order valence-corrected chi connectivity index (χ3v) is 5.19. The summed E-state index contributed by atoms with van der Waals surface area (Å²) in [4.78, 5) is 40.8. The van der Waals surface area contributed by atoms with Gasteiger partial charge in [0.25, 0.3) is 11.8 Å². The molecule has 1 aliphatic carbocycles. The highest BCUT2D eigenvalue weighted by molar-refractivity contribution is 5.99. The fraction of sp³-hybridized carbons (Fsp3) is 0.429. The largest absolute Gasteiger partial charge is 0.352 e. The number of carbonyl (C=O) groups is 3. The summed E-state index contributed by atoms with van der Waals surface area (Å²) in [5, 5.41) is 7.22. The van der Waals surface area contributed by atoms with Crippen molar-refractivity contribution >= 4 is 17.7 Å². The maximum Gasteiger partial charge on any atom is 0.274 e. The fourth-order valence-corrected chi connectivity index (χ4v) is 3.48. The lowest BCUT2D eigenvalue weighted by atomic mass is 10.2. The quantitative estimate of drug-likeness (QED) is 0.798. The topological polar surface area (TPSA) is 87.5 Å². The van der Waals surface area contributed by atoms with Gasteiger partial charge in [0.05, 0.1) is 6.54 Å². The summed E-state index contributed by atoms with van der Waals surface area (Å²) in [6, 6.07) is 11.6. The van der Waals surface area contributed by atoms with E-state index in [2.05, 4.69) is 10.4 Å². The monoisotopic (exact) mass is 395 g/mol. The van der Waals surface area contributed by atoms with Gasteiger partial charge in [0.15, 0.2) is 5.69 Å². The first kappa shape index (κ1) is 19.2. The van der Waals surface area contributed by atoms with E-state index in [9.17, 15) is 14.4 Å². The second kappa shape index (κ2) is 8.06. The first-order valence-corrected chi connectivity index (χ1v) is 9.97. The molecule has 1 aliphatic heterocycles. The summed E-state index contributed by atoms with van der Waals surface area (Å²) in [5.41, 5.74) is 1.67. The van der Waals surface area contributed by atoms with Crippen molar-refractivity contribution in [3.05, 3.63) is 53.3 Å². The van der Waals surface area contributed by atoms with Crippen LogP contribution in [0.4, 0.5) is 0 Å². The number of aromatic nitrogens is 2. The number of amides is 3. The molecular formula is C21H25N5O3. The van der Waals surface area contributed by atoms with Gasteiger partial charge >= 0.3 is 0 Å². The van der Waals surface area contributed by atoms with Gasteiger partial charge in [-0.3, -0.25) is 19.1 Å². The summed E-state index contributed by atoms with van der Waals surface area (Å²) < 4.78 is 1.61. The maximum absolute atomic E-state index is 13.0. The molecule has 0 saturated heterocycles. The highest BCUT2D eigenvalue weighted by atomic mass is 16.2. The first-order valence-electron chi connectivity index (χ1n) is 9.97. The van der Waals surface area contributed by atoms with Crippen LogP contribution in [0.25, 0.3) is 0 Å². The predicted molar refractivity (Wildman–Crippen MR) is 106 cm³/mol. The highest BCUT2D eigenvalue weighted by Gasteiger charge is 2.28. The van der Waals surface area contributed by atoms with E-state index in [0.29, 0.717) is 25.3 Å². The number of benzene rings is 1. The number of aryl methyl sites for hydroxylation is 1. The number of fused-ring (bicyclic) bond motifs is 1. The summed E-state index contributed by atoms with van der Waals surface area (Å²) >= 11 is 0. The number of rotatable bonds is 6. The molecule has 3 amide bonds. The van der Waals surface area contributed by atoms with Crippen molar-refractivity contribution in [2.24, 2.45) is 0 Å². The van der Waals surface area contributed by atoms with E-state index in [1.807, 2.05) is 30.3 Å².